The number of benzene rings is 1. The molecule has 0 saturated carbocycles. The van der Waals surface area contributed by atoms with Crippen LogP contribution in [0, 0.1) is 0 Å². The second kappa shape index (κ2) is 11.5. The number of nitrogens with one attached hydrogen (secondary N) is 2. The van der Waals surface area contributed by atoms with Gasteiger partial charge in [-0.05, 0) is 35.9 Å². The van der Waals surface area contributed by atoms with Crippen LogP contribution in [0.5, 0.6) is 0 Å². The van der Waals surface area contributed by atoms with Crippen molar-refractivity contribution < 1.29 is 14.4 Å². The van der Waals surface area contributed by atoms with E-state index in [9.17, 15) is 14.4 Å². The normalized spacial score (nSPS) is 15.0. The summed E-state index contributed by atoms with van der Waals surface area (Å²) in [5, 5.41) is 14.8. The number of thioether (sulfide) groups is 2. The topological polar surface area (TPSA) is 104 Å². The Morgan fingerprint density at radius 3 is 2.84 bits per heavy atom. The van der Waals surface area contributed by atoms with E-state index in [-0.39, 0.29) is 35.9 Å². The number of imide groups is 1. The van der Waals surface area contributed by atoms with Gasteiger partial charge in [-0.1, -0.05) is 59.8 Å². The van der Waals surface area contributed by atoms with Crippen LogP contribution in [-0.4, -0.2) is 57.5 Å². The fraction of sp³-hybridized carbons (Fsp3) is 0.316. The van der Waals surface area contributed by atoms with Crippen molar-refractivity contribution in [1.29, 1.82) is 0 Å². The zero-order chi connectivity index (χ0) is 22.2. The van der Waals surface area contributed by atoms with Gasteiger partial charge in [-0.25, -0.2) is 0 Å². The lowest BCUT2D eigenvalue weighted by atomic mass is 10.2. The zero-order valence-corrected chi connectivity index (χ0v) is 19.8. The molecule has 1 saturated heterocycles. The van der Waals surface area contributed by atoms with Gasteiger partial charge in [0.15, 0.2) is 4.34 Å². The maximum atomic E-state index is 12.5. The van der Waals surface area contributed by atoms with E-state index in [0.29, 0.717) is 19.8 Å². The third-order valence-electron chi connectivity index (χ3n) is 3.98. The van der Waals surface area contributed by atoms with E-state index in [0.717, 1.165) is 34.8 Å². The SMILES string of the molecule is CCCNc1nnc(SCC(=O)NCCN2C(=O)S/C(=C\c3ccccc3Cl)C2=O)s1. The second-order valence-electron chi connectivity index (χ2n) is 6.29. The van der Waals surface area contributed by atoms with Gasteiger partial charge in [-0.15, -0.1) is 10.2 Å². The molecule has 12 heteroatoms. The molecule has 0 spiro atoms. The molecule has 0 aliphatic carbocycles. The van der Waals surface area contributed by atoms with Crippen molar-refractivity contribution in [3.63, 3.8) is 0 Å². The summed E-state index contributed by atoms with van der Waals surface area (Å²) in [6.07, 6.45) is 2.59. The van der Waals surface area contributed by atoms with Crippen molar-refractivity contribution in [2.24, 2.45) is 0 Å². The molecule has 0 radical (unpaired) electrons. The van der Waals surface area contributed by atoms with E-state index >= 15 is 0 Å². The standard InChI is InChI=1S/C19H20ClN5O3S3/c1-2-7-22-17-23-24-18(31-17)29-11-15(26)21-8-9-25-16(27)14(30-19(25)28)10-12-5-3-4-6-13(12)20/h3-6,10H,2,7-9,11H2,1H3,(H,21,26)(H,22,23)/b14-10-. The number of nitrogens with zero attached hydrogens (tertiary/aromatic N) is 3. The zero-order valence-electron chi connectivity index (χ0n) is 16.6. The minimum Gasteiger partial charge on any atom is -0.360 e. The summed E-state index contributed by atoms with van der Waals surface area (Å²) >= 11 is 9.66. The smallest absolute Gasteiger partial charge is 0.293 e. The molecule has 1 aliphatic rings. The summed E-state index contributed by atoms with van der Waals surface area (Å²) in [6.45, 7) is 3.16. The molecule has 1 fully saturated rings. The predicted octanol–water partition coefficient (Wildman–Crippen LogP) is 3.96. The van der Waals surface area contributed by atoms with Crippen LogP contribution in [0.1, 0.15) is 18.9 Å². The highest BCUT2D eigenvalue weighted by Crippen LogP contribution is 2.33. The van der Waals surface area contributed by atoms with E-state index in [1.807, 2.05) is 0 Å². The average molecular weight is 498 g/mol. The average Bonchev–Trinajstić information content (AvgIpc) is 3.31. The summed E-state index contributed by atoms with van der Waals surface area (Å²) in [6, 6.07) is 7.09. The molecule has 0 atom stereocenters. The van der Waals surface area contributed by atoms with Gasteiger partial charge >= 0.3 is 0 Å². The summed E-state index contributed by atoms with van der Waals surface area (Å²) in [4.78, 5) is 38.2. The highest BCUT2D eigenvalue weighted by atomic mass is 35.5. The lowest BCUT2D eigenvalue weighted by molar-refractivity contribution is -0.123. The maximum absolute atomic E-state index is 12.5. The minimum atomic E-state index is -0.389. The second-order valence-corrected chi connectivity index (χ2v) is 9.89. The van der Waals surface area contributed by atoms with E-state index < -0.39 is 0 Å². The molecular formula is C19H20ClN5O3S3. The van der Waals surface area contributed by atoms with Gasteiger partial charge < -0.3 is 10.6 Å². The number of aromatic nitrogens is 2. The lowest BCUT2D eigenvalue weighted by Gasteiger charge is -2.12. The number of hydrogen-bond acceptors (Lipinski definition) is 9. The first-order valence-corrected chi connectivity index (χ1v) is 12.4. The number of anilines is 1. The fourth-order valence-corrected chi connectivity index (χ4v) is 5.14. The highest BCUT2D eigenvalue weighted by molar-refractivity contribution is 8.18. The van der Waals surface area contributed by atoms with Crippen LogP contribution in [-0.2, 0) is 9.59 Å². The number of carbonyl (C=O) groups excluding carboxylic acids is 3. The van der Waals surface area contributed by atoms with Crippen molar-refractivity contribution in [1.82, 2.24) is 20.4 Å². The van der Waals surface area contributed by atoms with Gasteiger partial charge in [0.25, 0.3) is 11.1 Å². The molecular weight excluding hydrogens is 478 g/mol. The lowest BCUT2D eigenvalue weighted by Crippen LogP contribution is -2.37. The minimum absolute atomic E-state index is 0.102. The molecule has 1 aromatic heterocycles. The van der Waals surface area contributed by atoms with E-state index in [1.54, 1.807) is 30.3 Å². The first kappa shape index (κ1) is 23.6. The van der Waals surface area contributed by atoms with Gasteiger partial charge in [0.05, 0.1) is 10.7 Å². The number of rotatable bonds is 10. The molecule has 1 aliphatic heterocycles. The molecule has 2 aromatic rings. The number of amides is 3. The van der Waals surface area contributed by atoms with E-state index in [1.165, 1.54) is 23.1 Å². The van der Waals surface area contributed by atoms with Crippen molar-refractivity contribution in [3.05, 3.63) is 39.8 Å². The third-order valence-corrected chi connectivity index (χ3v) is 7.25. The van der Waals surface area contributed by atoms with Crippen LogP contribution < -0.4 is 10.6 Å². The Morgan fingerprint density at radius 2 is 2.06 bits per heavy atom. The molecule has 3 rings (SSSR count). The van der Waals surface area contributed by atoms with Crippen LogP contribution in [0.25, 0.3) is 6.08 Å². The number of carbonyl (C=O) groups is 3. The first-order valence-electron chi connectivity index (χ1n) is 9.44. The van der Waals surface area contributed by atoms with Gasteiger partial charge in [-0.3, -0.25) is 19.3 Å². The molecule has 8 nitrogen and oxygen atoms in total. The fourth-order valence-electron chi connectivity index (χ4n) is 2.48. The van der Waals surface area contributed by atoms with Crippen molar-refractivity contribution in [3.8, 4) is 0 Å². The van der Waals surface area contributed by atoms with Crippen LogP contribution in [0.3, 0.4) is 0 Å². The van der Waals surface area contributed by atoms with Crippen LogP contribution in [0.2, 0.25) is 5.02 Å². The Labute approximate surface area is 197 Å². The van der Waals surface area contributed by atoms with E-state index in [2.05, 4.69) is 27.8 Å². The van der Waals surface area contributed by atoms with Crippen LogP contribution in [0.15, 0.2) is 33.5 Å². The van der Waals surface area contributed by atoms with E-state index in [4.69, 9.17) is 11.6 Å². The van der Waals surface area contributed by atoms with Gasteiger partial charge in [0, 0.05) is 24.7 Å². The Bertz CT molecular complexity index is 998. The van der Waals surface area contributed by atoms with Crippen molar-refractivity contribution >= 4 is 74.7 Å². The Hall–Kier alpha value is -2.08. The molecule has 3 amide bonds. The van der Waals surface area contributed by atoms with Gasteiger partial charge in [0.2, 0.25) is 11.0 Å². The highest BCUT2D eigenvalue weighted by Gasteiger charge is 2.34. The summed E-state index contributed by atoms with van der Waals surface area (Å²) in [5.41, 5.74) is 0.671. The molecule has 0 unspecified atom stereocenters. The van der Waals surface area contributed by atoms with Crippen LogP contribution in [0.4, 0.5) is 9.93 Å². The Morgan fingerprint density at radius 1 is 1.26 bits per heavy atom. The third kappa shape index (κ3) is 6.70. The van der Waals surface area contributed by atoms with Crippen molar-refractivity contribution in [2.45, 2.75) is 17.7 Å². The molecule has 2 heterocycles. The molecule has 31 heavy (non-hydrogen) atoms. The molecule has 2 N–H and O–H groups in total. The number of hydrogen-bond donors (Lipinski definition) is 2. The summed E-state index contributed by atoms with van der Waals surface area (Å²) < 4.78 is 0.699. The molecule has 164 valence electrons. The number of halogens is 1. The first-order chi connectivity index (χ1) is 15.0. The Balaban J connectivity index is 1.44. The quantitative estimate of drug-likeness (QED) is 0.375. The van der Waals surface area contributed by atoms with Gasteiger partial charge in [-0.2, -0.15) is 0 Å². The predicted molar refractivity (Wildman–Crippen MR) is 127 cm³/mol. The van der Waals surface area contributed by atoms with Crippen LogP contribution >= 0.6 is 46.5 Å². The summed E-state index contributed by atoms with van der Waals surface area (Å²) in [5.74, 6) is -0.419. The van der Waals surface area contributed by atoms with Crippen molar-refractivity contribution in [2.75, 3.05) is 30.7 Å². The largest absolute Gasteiger partial charge is 0.360 e. The molecule has 0 bridgehead atoms. The summed E-state index contributed by atoms with van der Waals surface area (Å²) in [7, 11) is 0. The van der Waals surface area contributed by atoms with Gasteiger partial charge in [0.1, 0.15) is 0 Å². The molecule has 1 aromatic carbocycles. The monoisotopic (exact) mass is 497 g/mol. The maximum Gasteiger partial charge on any atom is 0.293 e. The Kier molecular flexibility index (Phi) is 8.76.